The van der Waals surface area contributed by atoms with E-state index in [9.17, 15) is 9.90 Å². The summed E-state index contributed by atoms with van der Waals surface area (Å²) in [5, 5.41) is 12.9. The second kappa shape index (κ2) is 6.57. The Labute approximate surface area is 115 Å². The summed E-state index contributed by atoms with van der Waals surface area (Å²) in [4.78, 5) is 11.1. The Hall–Kier alpha value is -1.55. The van der Waals surface area contributed by atoms with E-state index in [0.29, 0.717) is 12.1 Å². The van der Waals surface area contributed by atoms with E-state index in [1.807, 2.05) is 13.0 Å². The van der Waals surface area contributed by atoms with Crippen molar-refractivity contribution >= 4 is 11.6 Å². The summed E-state index contributed by atoms with van der Waals surface area (Å²) in [6.45, 7) is 7.00. The molecule has 0 bridgehead atoms. The summed E-state index contributed by atoms with van der Waals surface area (Å²) in [7, 11) is 0. The standard InChI is InChI=1S/C15H24N2O2/c1-4-15(5-2,10-18)9-17-13-7-6-12(14(16)19)8-11(13)3/h6-8,17-18H,4-5,9-10H2,1-3H3,(H2,16,19). The second-order valence-electron chi connectivity index (χ2n) is 5.11. The van der Waals surface area contributed by atoms with Crippen LogP contribution in [0.3, 0.4) is 0 Å². The number of nitrogens with two attached hydrogens (primary N) is 1. The Morgan fingerprint density at radius 2 is 2.00 bits per heavy atom. The van der Waals surface area contributed by atoms with E-state index in [1.165, 1.54) is 0 Å². The van der Waals surface area contributed by atoms with Crippen LogP contribution < -0.4 is 11.1 Å². The van der Waals surface area contributed by atoms with Gasteiger partial charge in [0.15, 0.2) is 0 Å². The number of aliphatic hydroxyl groups is 1. The molecule has 0 radical (unpaired) electrons. The van der Waals surface area contributed by atoms with Crippen molar-refractivity contribution in [2.75, 3.05) is 18.5 Å². The highest BCUT2D eigenvalue weighted by Gasteiger charge is 2.25. The van der Waals surface area contributed by atoms with E-state index >= 15 is 0 Å². The maximum absolute atomic E-state index is 11.1. The minimum atomic E-state index is -0.415. The minimum absolute atomic E-state index is 0.0885. The Balaban J connectivity index is 2.80. The first-order valence-corrected chi connectivity index (χ1v) is 6.73. The van der Waals surface area contributed by atoms with Gasteiger partial charge >= 0.3 is 0 Å². The van der Waals surface area contributed by atoms with Crippen LogP contribution in [0.4, 0.5) is 5.69 Å². The van der Waals surface area contributed by atoms with Crippen LogP contribution in [0.1, 0.15) is 42.6 Å². The highest BCUT2D eigenvalue weighted by Crippen LogP contribution is 2.27. The van der Waals surface area contributed by atoms with Gasteiger partial charge in [-0.3, -0.25) is 4.79 Å². The zero-order valence-electron chi connectivity index (χ0n) is 12.0. The third kappa shape index (κ3) is 3.70. The van der Waals surface area contributed by atoms with Gasteiger partial charge in [0.1, 0.15) is 0 Å². The fraction of sp³-hybridized carbons (Fsp3) is 0.533. The Bertz CT molecular complexity index is 432. The summed E-state index contributed by atoms with van der Waals surface area (Å²) < 4.78 is 0. The molecule has 0 unspecified atom stereocenters. The molecule has 0 aliphatic carbocycles. The summed E-state index contributed by atoms with van der Waals surface area (Å²) in [5.74, 6) is -0.415. The Kier molecular flexibility index (Phi) is 5.36. The largest absolute Gasteiger partial charge is 0.396 e. The molecular weight excluding hydrogens is 240 g/mol. The molecule has 1 amide bonds. The van der Waals surface area contributed by atoms with Gasteiger partial charge in [-0.25, -0.2) is 0 Å². The number of amides is 1. The number of hydrogen-bond donors (Lipinski definition) is 3. The highest BCUT2D eigenvalue weighted by atomic mass is 16.3. The number of carbonyl (C=O) groups excluding carboxylic acids is 1. The molecule has 19 heavy (non-hydrogen) atoms. The van der Waals surface area contributed by atoms with Gasteiger partial charge in [-0.1, -0.05) is 13.8 Å². The first-order valence-electron chi connectivity index (χ1n) is 6.73. The molecule has 0 fully saturated rings. The van der Waals surface area contributed by atoms with Gasteiger partial charge in [0, 0.05) is 23.2 Å². The monoisotopic (exact) mass is 264 g/mol. The van der Waals surface area contributed by atoms with Crippen LogP contribution in [-0.2, 0) is 0 Å². The lowest BCUT2D eigenvalue weighted by Gasteiger charge is -2.30. The molecule has 1 aromatic carbocycles. The van der Waals surface area contributed by atoms with Gasteiger partial charge in [-0.2, -0.15) is 0 Å². The summed E-state index contributed by atoms with van der Waals surface area (Å²) >= 11 is 0. The van der Waals surface area contributed by atoms with Crippen molar-refractivity contribution in [2.45, 2.75) is 33.6 Å². The SMILES string of the molecule is CCC(CC)(CO)CNc1ccc(C(N)=O)cc1C. The maximum atomic E-state index is 11.1. The van der Waals surface area contributed by atoms with Gasteiger partial charge in [-0.15, -0.1) is 0 Å². The lowest BCUT2D eigenvalue weighted by molar-refractivity contribution is 0.1000. The third-order valence-corrected chi connectivity index (χ3v) is 4.00. The van der Waals surface area contributed by atoms with Crippen molar-refractivity contribution in [3.8, 4) is 0 Å². The van der Waals surface area contributed by atoms with Crippen molar-refractivity contribution < 1.29 is 9.90 Å². The van der Waals surface area contributed by atoms with Crippen molar-refractivity contribution in [2.24, 2.45) is 11.1 Å². The normalized spacial score (nSPS) is 11.4. The number of hydrogen-bond acceptors (Lipinski definition) is 3. The summed E-state index contributed by atoms with van der Waals surface area (Å²) in [5.41, 5.74) is 7.63. The number of benzene rings is 1. The molecule has 106 valence electrons. The van der Waals surface area contributed by atoms with E-state index in [2.05, 4.69) is 19.2 Å². The summed E-state index contributed by atoms with van der Waals surface area (Å²) in [6.07, 6.45) is 1.84. The number of nitrogens with one attached hydrogen (secondary N) is 1. The minimum Gasteiger partial charge on any atom is -0.396 e. The zero-order chi connectivity index (χ0) is 14.5. The van der Waals surface area contributed by atoms with Crippen LogP contribution in [0.2, 0.25) is 0 Å². The zero-order valence-corrected chi connectivity index (χ0v) is 12.0. The predicted octanol–water partition coefficient (Wildman–Crippen LogP) is 2.30. The molecule has 0 atom stereocenters. The van der Waals surface area contributed by atoms with Gasteiger partial charge in [0.25, 0.3) is 0 Å². The molecule has 0 saturated carbocycles. The Morgan fingerprint density at radius 1 is 1.37 bits per heavy atom. The van der Waals surface area contributed by atoms with Crippen molar-refractivity contribution in [3.05, 3.63) is 29.3 Å². The molecule has 0 aromatic heterocycles. The van der Waals surface area contributed by atoms with Gasteiger partial charge in [0.05, 0.1) is 6.61 Å². The number of rotatable bonds is 7. The topological polar surface area (TPSA) is 75.3 Å². The molecule has 1 aromatic rings. The van der Waals surface area contributed by atoms with E-state index in [1.54, 1.807) is 12.1 Å². The number of aryl methyl sites for hydroxylation is 1. The van der Waals surface area contributed by atoms with Gasteiger partial charge in [0.2, 0.25) is 5.91 Å². The van der Waals surface area contributed by atoms with Crippen LogP contribution >= 0.6 is 0 Å². The molecule has 0 saturated heterocycles. The van der Waals surface area contributed by atoms with Crippen LogP contribution in [0, 0.1) is 12.3 Å². The second-order valence-corrected chi connectivity index (χ2v) is 5.11. The van der Waals surface area contributed by atoms with Crippen LogP contribution in [0.25, 0.3) is 0 Å². The predicted molar refractivity (Wildman–Crippen MR) is 78.3 cm³/mol. The number of primary amides is 1. The smallest absolute Gasteiger partial charge is 0.248 e. The van der Waals surface area contributed by atoms with E-state index in [4.69, 9.17) is 5.73 Å². The molecule has 4 nitrogen and oxygen atoms in total. The average Bonchev–Trinajstić information content (AvgIpc) is 2.42. The molecule has 0 heterocycles. The fourth-order valence-electron chi connectivity index (χ4n) is 2.08. The molecule has 0 aliphatic rings. The Morgan fingerprint density at radius 3 is 2.42 bits per heavy atom. The third-order valence-electron chi connectivity index (χ3n) is 4.00. The van der Waals surface area contributed by atoms with Crippen LogP contribution in [0.15, 0.2) is 18.2 Å². The van der Waals surface area contributed by atoms with Crippen molar-refractivity contribution in [3.63, 3.8) is 0 Å². The molecular formula is C15H24N2O2. The number of aliphatic hydroxyl groups excluding tert-OH is 1. The van der Waals surface area contributed by atoms with Crippen molar-refractivity contribution in [1.29, 1.82) is 0 Å². The first-order chi connectivity index (χ1) is 8.98. The fourth-order valence-corrected chi connectivity index (χ4v) is 2.08. The van der Waals surface area contributed by atoms with E-state index < -0.39 is 5.91 Å². The molecule has 4 heteroatoms. The maximum Gasteiger partial charge on any atom is 0.248 e. The van der Waals surface area contributed by atoms with Crippen LogP contribution in [0.5, 0.6) is 0 Å². The molecule has 1 rings (SSSR count). The molecule has 4 N–H and O–H groups in total. The molecule has 0 spiro atoms. The summed E-state index contributed by atoms with van der Waals surface area (Å²) in [6, 6.07) is 5.36. The van der Waals surface area contributed by atoms with Gasteiger partial charge < -0.3 is 16.2 Å². The van der Waals surface area contributed by atoms with Crippen LogP contribution in [-0.4, -0.2) is 24.2 Å². The van der Waals surface area contributed by atoms with E-state index in [0.717, 1.165) is 24.1 Å². The lowest BCUT2D eigenvalue weighted by Crippen LogP contribution is -2.32. The van der Waals surface area contributed by atoms with Crippen molar-refractivity contribution in [1.82, 2.24) is 0 Å². The molecule has 0 aliphatic heterocycles. The average molecular weight is 264 g/mol. The quantitative estimate of drug-likeness (QED) is 0.707. The first kappa shape index (κ1) is 15.5. The number of carbonyl (C=O) groups is 1. The van der Waals surface area contributed by atoms with Gasteiger partial charge in [-0.05, 0) is 43.5 Å². The lowest BCUT2D eigenvalue weighted by atomic mass is 9.83. The van der Waals surface area contributed by atoms with E-state index in [-0.39, 0.29) is 12.0 Å². The number of anilines is 1. The highest BCUT2D eigenvalue weighted by molar-refractivity contribution is 5.93.